The summed E-state index contributed by atoms with van der Waals surface area (Å²) in [6, 6.07) is 0.215. The molecule has 0 fully saturated rings. The molecule has 0 aliphatic rings. The molecule has 114 valence electrons. The Morgan fingerprint density at radius 2 is 1.68 bits per heavy atom. The Morgan fingerprint density at radius 3 is 2.05 bits per heavy atom. The normalized spacial score (nSPS) is 14.5. The van der Waals surface area contributed by atoms with Gasteiger partial charge in [0.2, 0.25) is 0 Å². The average molecular weight is 289 g/mol. The van der Waals surface area contributed by atoms with E-state index in [2.05, 4.69) is 38.0 Å². The van der Waals surface area contributed by atoms with Gasteiger partial charge in [0.1, 0.15) is 0 Å². The van der Waals surface area contributed by atoms with Crippen molar-refractivity contribution in [2.75, 3.05) is 13.3 Å². The van der Waals surface area contributed by atoms with E-state index < -0.39 is 0 Å². The summed E-state index contributed by atoms with van der Waals surface area (Å²) in [5, 5.41) is 3.54. The first-order chi connectivity index (χ1) is 8.92. The van der Waals surface area contributed by atoms with Gasteiger partial charge in [-0.2, -0.15) is 0 Å². The van der Waals surface area contributed by atoms with Crippen LogP contribution in [0.4, 0.5) is 0 Å². The number of amides is 1. The zero-order chi connectivity index (χ0) is 15.4. The highest BCUT2D eigenvalue weighted by molar-refractivity contribution is 8.15. The summed E-state index contributed by atoms with van der Waals surface area (Å²) in [6.45, 7) is 12.8. The van der Waals surface area contributed by atoms with Crippen molar-refractivity contribution in [1.82, 2.24) is 5.32 Å². The molecule has 1 N–H and O–H groups in total. The highest BCUT2D eigenvalue weighted by Gasteiger charge is 2.14. The number of hydrogen-bond acceptors (Lipinski definition) is 3. The Morgan fingerprint density at radius 1 is 1.16 bits per heavy atom. The minimum absolute atomic E-state index is 0.0512. The minimum Gasteiger partial charge on any atom is -0.348 e. The van der Waals surface area contributed by atoms with Gasteiger partial charge in [-0.25, -0.2) is 0 Å². The van der Waals surface area contributed by atoms with Crippen molar-refractivity contribution in [3.05, 3.63) is 0 Å². The molecule has 0 rings (SSSR count). The fourth-order valence-corrected chi connectivity index (χ4v) is 1.92. The quantitative estimate of drug-likeness (QED) is 0.614. The number of carbonyl (C=O) groups is 1. The Hall–Kier alpha value is -0.510. The summed E-state index contributed by atoms with van der Waals surface area (Å²) in [6.07, 6.45) is 4.04. The first-order valence-electron chi connectivity index (χ1n) is 7.24. The molecule has 0 heterocycles. The second kappa shape index (κ2) is 12.5. The third kappa shape index (κ3) is 10.00. The minimum atomic E-state index is -0.0512. The van der Waals surface area contributed by atoms with E-state index in [1.807, 2.05) is 20.1 Å². The average Bonchev–Trinajstić information content (AvgIpc) is 2.39. The Kier molecular flexibility index (Phi) is 13.7. The molecule has 2 atom stereocenters. The van der Waals surface area contributed by atoms with Gasteiger partial charge in [-0.3, -0.25) is 9.79 Å². The van der Waals surface area contributed by atoms with Crippen molar-refractivity contribution >= 4 is 22.7 Å². The van der Waals surface area contributed by atoms with Crippen LogP contribution in [-0.2, 0) is 4.79 Å². The lowest BCUT2D eigenvalue weighted by Gasteiger charge is -2.19. The van der Waals surface area contributed by atoms with Crippen LogP contribution in [0.3, 0.4) is 0 Å². The zero-order valence-corrected chi connectivity index (χ0v) is 14.7. The number of nitrogens with one attached hydrogen (secondary N) is 1. The van der Waals surface area contributed by atoms with Crippen LogP contribution in [0, 0.1) is 11.8 Å². The van der Waals surface area contributed by atoms with E-state index in [4.69, 9.17) is 0 Å². The molecule has 0 radical (unpaired) electrons. The van der Waals surface area contributed by atoms with Crippen molar-refractivity contribution in [2.24, 2.45) is 16.8 Å². The summed E-state index contributed by atoms with van der Waals surface area (Å²) in [5.74, 6) is 1.36. The molecule has 19 heavy (non-hydrogen) atoms. The Labute approximate surface area is 124 Å². The van der Waals surface area contributed by atoms with Crippen molar-refractivity contribution in [3.8, 4) is 0 Å². The molecule has 4 heteroatoms. The molecular weight excluding hydrogens is 256 g/mol. The predicted molar refractivity (Wildman–Crippen MR) is 89.1 cm³/mol. The lowest BCUT2D eigenvalue weighted by atomic mass is 9.92. The van der Waals surface area contributed by atoms with Crippen LogP contribution in [0.25, 0.3) is 0 Å². The van der Waals surface area contributed by atoms with Crippen LogP contribution in [0.1, 0.15) is 54.4 Å². The summed E-state index contributed by atoms with van der Waals surface area (Å²) >= 11 is 1.39. The lowest BCUT2D eigenvalue weighted by molar-refractivity contribution is -0.115. The number of nitrogens with zero attached hydrogens (tertiary/aromatic N) is 1. The van der Waals surface area contributed by atoms with Gasteiger partial charge in [-0.15, -0.1) is 11.8 Å². The molecular formula is C15H32N2OS. The molecule has 0 aliphatic heterocycles. The maximum absolute atomic E-state index is 11.7. The van der Waals surface area contributed by atoms with Crippen LogP contribution in [0.2, 0.25) is 0 Å². The van der Waals surface area contributed by atoms with Crippen LogP contribution in [-0.4, -0.2) is 30.3 Å². The molecule has 1 amide bonds. The summed E-state index contributed by atoms with van der Waals surface area (Å²) < 4.78 is 0. The van der Waals surface area contributed by atoms with E-state index in [0.717, 1.165) is 12.8 Å². The largest absolute Gasteiger partial charge is 0.348 e. The number of carbonyl (C=O) groups excluding carboxylic acids is 1. The summed E-state index contributed by atoms with van der Waals surface area (Å²) in [7, 11) is 1.65. The molecule has 0 aromatic carbocycles. The first kappa shape index (κ1) is 20.8. The zero-order valence-electron chi connectivity index (χ0n) is 13.9. The number of rotatable bonds is 5. The molecule has 0 aromatic heterocycles. The van der Waals surface area contributed by atoms with Crippen molar-refractivity contribution < 1.29 is 4.79 Å². The molecule has 0 saturated carbocycles. The highest BCUT2D eigenvalue weighted by Crippen LogP contribution is 2.17. The van der Waals surface area contributed by atoms with Crippen LogP contribution < -0.4 is 5.32 Å². The van der Waals surface area contributed by atoms with Gasteiger partial charge in [0, 0.05) is 13.1 Å². The number of aliphatic imine (C=N–C) groups is 1. The number of thioether (sulfide) groups is 1. The maximum Gasteiger partial charge on any atom is 0.276 e. The van der Waals surface area contributed by atoms with Gasteiger partial charge in [0.25, 0.3) is 5.91 Å². The first-order valence-corrected chi connectivity index (χ1v) is 8.46. The fourth-order valence-electron chi connectivity index (χ4n) is 1.49. The van der Waals surface area contributed by atoms with E-state index >= 15 is 0 Å². The van der Waals surface area contributed by atoms with Gasteiger partial charge in [0.05, 0.1) is 0 Å². The Balaban J connectivity index is 0. The van der Waals surface area contributed by atoms with E-state index in [-0.39, 0.29) is 11.9 Å². The third-order valence-electron chi connectivity index (χ3n) is 3.16. The van der Waals surface area contributed by atoms with E-state index in [9.17, 15) is 4.79 Å². The van der Waals surface area contributed by atoms with Crippen LogP contribution >= 0.6 is 11.8 Å². The van der Waals surface area contributed by atoms with Gasteiger partial charge >= 0.3 is 0 Å². The molecule has 3 nitrogen and oxygen atoms in total. The topological polar surface area (TPSA) is 41.5 Å². The van der Waals surface area contributed by atoms with Crippen molar-refractivity contribution in [2.45, 2.75) is 60.4 Å². The van der Waals surface area contributed by atoms with E-state index in [1.165, 1.54) is 11.8 Å². The molecule has 0 saturated heterocycles. The van der Waals surface area contributed by atoms with E-state index in [0.29, 0.717) is 16.9 Å². The van der Waals surface area contributed by atoms with Crippen molar-refractivity contribution in [1.29, 1.82) is 0 Å². The monoisotopic (exact) mass is 288 g/mol. The molecule has 0 aliphatic carbocycles. The lowest BCUT2D eigenvalue weighted by Crippen LogP contribution is -2.36. The highest BCUT2D eigenvalue weighted by atomic mass is 32.2. The second-order valence-corrected chi connectivity index (χ2v) is 5.70. The van der Waals surface area contributed by atoms with Gasteiger partial charge in [-0.1, -0.05) is 34.6 Å². The van der Waals surface area contributed by atoms with Crippen LogP contribution in [0.15, 0.2) is 4.99 Å². The molecule has 0 aromatic rings. The summed E-state index contributed by atoms with van der Waals surface area (Å²) in [4.78, 5) is 15.7. The third-order valence-corrected chi connectivity index (χ3v) is 3.92. The Bertz CT molecular complexity index is 265. The summed E-state index contributed by atoms with van der Waals surface area (Å²) in [5.41, 5.74) is 0. The number of hydrogen-bond donors (Lipinski definition) is 1. The predicted octanol–water partition coefficient (Wildman–Crippen LogP) is 3.98. The smallest absolute Gasteiger partial charge is 0.276 e. The van der Waals surface area contributed by atoms with Crippen molar-refractivity contribution in [3.63, 3.8) is 0 Å². The molecule has 2 unspecified atom stereocenters. The van der Waals surface area contributed by atoms with Gasteiger partial charge < -0.3 is 5.32 Å². The van der Waals surface area contributed by atoms with Gasteiger partial charge in [-0.05, 0) is 37.9 Å². The molecule has 0 spiro atoms. The fraction of sp³-hybridized carbons (Fsp3) is 0.867. The second-order valence-electron chi connectivity index (χ2n) is 4.91. The molecule has 0 bridgehead atoms. The van der Waals surface area contributed by atoms with Crippen LogP contribution in [0.5, 0.6) is 0 Å². The van der Waals surface area contributed by atoms with E-state index in [1.54, 1.807) is 7.05 Å². The SMILES string of the molecule is CC.CN=C(SC)C(=O)NC(C)CCC(C)C(C)C. The maximum atomic E-state index is 11.7. The standard InChI is InChI=1S/C13H26N2OS.C2H6/c1-9(2)10(3)7-8-11(4)15-12(16)13(14-5)17-6;1-2/h9-11H,7-8H2,1-6H3,(H,15,16);1-2H3. The van der Waals surface area contributed by atoms with Gasteiger partial charge in [0.15, 0.2) is 5.04 Å².